The third-order valence-corrected chi connectivity index (χ3v) is 5.91. The predicted octanol–water partition coefficient (Wildman–Crippen LogP) is 3.30. The van der Waals surface area contributed by atoms with Gasteiger partial charge in [-0.1, -0.05) is 32.1 Å². The van der Waals surface area contributed by atoms with E-state index in [1.54, 1.807) is 0 Å². The molecule has 1 amide bonds. The zero-order valence-corrected chi connectivity index (χ0v) is 13.1. The number of hydrogen-bond acceptors (Lipinski definition) is 2. The van der Waals surface area contributed by atoms with Crippen molar-refractivity contribution in [3.8, 4) is 0 Å². The molecule has 3 aliphatic rings. The van der Waals surface area contributed by atoms with Gasteiger partial charge in [0.25, 0.3) is 5.56 Å². The Kier molecular flexibility index (Phi) is 3.59. The van der Waals surface area contributed by atoms with Crippen molar-refractivity contribution in [2.24, 2.45) is 5.92 Å². The van der Waals surface area contributed by atoms with Gasteiger partial charge in [-0.2, -0.15) is 0 Å². The normalized spacial score (nSPS) is 26.9. The van der Waals surface area contributed by atoms with Crippen LogP contribution in [0.2, 0.25) is 0 Å². The molecule has 120 valence electrons. The Bertz CT molecular complexity index is 618. The largest absolute Gasteiger partial charge is 0.311 e. The van der Waals surface area contributed by atoms with E-state index in [0.29, 0.717) is 18.4 Å². The molecule has 4 rings (SSSR count). The van der Waals surface area contributed by atoms with Crippen LogP contribution in [0.15, 0.2) is 4.79 Å². The molecule has 1 aliphatic heterocycles. The maximum Gasteiger partial charge on any atom is 0.269 e. The van der Waals surface area contributed by atoms with Gasteiger partial charge in [-0.15, -0.1) is 0 Å². The van der Waals surface area contributed by atoms with Crippen molar-refractivity contribution in [3.63, 3.8) is 0 Å². The molecule has 0 spiro atoms. The Labute approximate surface area is 130 Å². The van der Waals surface area contributed by atoms with E-state index in [-0.39, 0.29) is 17.4 Å². The molecule has 22 heavy (non-hydrogen) atoms. The van der Waals surface area contributed by atoms with E-state index in [1.165, 1.54) is 32.1 Å². The molecule has 2 N–H and O–H groups in total. The first-order chi connectivity index (χ1) is 10.7. The van der Waals surface area contributed by atoms with E-state index in [2.05, 4.69) is 10.4 Å². The van der Waals surface area contributed by atoms with Crippen LogP contribution in [0.1, 0.15) is 81.7 Å². The number of aromatic amines is 1. The summed E-state index contributed by atoms with van der Waals surface area (Å²) in [6.07, 6.45) is 11.2. The van der Waals surface area contributed by atoms with Crippen molar-refractivity contribution in [2.75, 3.05) is 5.32 Å². The molecule has 2 saturated carbocycles. The SMILES string of the molecule is O=C1C[C@H](C2CCCCC2)c2c(n(C3CCCC3)[nH]c2=O)N1. The summed E-state index contributed by atoms with van der Waals surface area (Å²) < 4.78 is 1.97. The first kappa shape index (κ1) is 14.1. The fourth-order valence-electron chi connectivity index (χ4n) is 4.79. The number of amides is 1. The van der Waals surface area contributed by atoms with Crippen LogP contribution in [0, 0.1) is 5.92 Å². The lowest BCUT2D eigenvalue weighted by Crippen LogP contribution is -2.31. The van der Waals surface area contributed by atoms with Gasteiger partial charge < -0.3 is 5.32 Å². The summed E-state index contributed by atoms with van der Waals surface area (Å²) in [5.41, 5.74) is 0.885. The molecule has 0 unspecified atom stereocenters. The molecular formula is C17H25N3O2. The van der Waals surface area contributed by atoms with Crippen LogP contribution < -0.4 is 10.9 Å². The molecule has 0 saturated heterocycles. The third kappa shape index (κ3) is 2.31. The molecule has 5 heteroatoms. The first-order valence-corrected chi connectivity index (χ1v) is 8.88. The minimum atomic E-state index is 0.0254. The molecule has 5 nitrogen and oxygen atoms in total. The van der Waals surface area contributed by atoms with Crippen LogP contribution >= 0.6 is 0 Å². The van der Waals surface area contributed by atoms with Crippen molar-refractivity contribution in [1.82, 2.24) is 9.78 Å². The number of anilines is 1. The van der Waals surface area contributed by atoms with Crippen molar-refractivity contribution < 1.29 is 4.79 Å². The molecule has 2 heterocycles. The Morgan fingerprint density at radius 3 is 2.32 bits per heavy atom. The van der Waals surface area contributed by atoms with Crippen LogP contribution in [-0.4, -0.2) is 15.7 Å². The Morgan fingerprint density at radius 2 is 1.59 bits per heavy atom. The minimum absolute atomic E-state index is 0.0254. The zero-order valence-electron chi connectivity index (χ0n) is 13.1. The number of nitrogens with zero attached hydrogens (tertiary/aromatic N) is 1. The Balaban J connectivity index is 1.73. The van der Waals surface area contributed by atoms with Gasteiger partial charge in [0, 0.05) is 12.3 Å². The van der Waals surface area contributed by atoms with Crippen molar-refractivity contribution in [3.05, 3.63) is 15.9 Å². The van der Waals surface area contributed by atoms with Crippen molar-refractivity contribution >= 4 is 11.7 Å². The summed E-state index contributed by atoms with van der Waals surface area (Å²) >= 11 is 0. The second-order valence-electron chi connectivity index (χ2n) is 7.27. The predicted molar refractivity (Wildman–Crippen MR) is 85.1 cm³/mol. The number of nitrogens with one attached hydrogen (secondary N) is 2. The number of H-pyrrole nitrogens is 1. The van der Waals surface area contributed by atoms with E-state index >= 15 is 0 Å². The van der Waals surface area contributed by atoms with Crippen LogP contribution in [0.5, 0.6) is 0 Å². The van der Waals surface area contributed by atoms with Gasteiger partial charge in [-0.3, -0.25) is 19.4 Å². The van der Waals surface area contributed by atoms with Gasteiger partial charge >= 0.3 is 0 Å². The van der Waals surface area contributed by atoms with Gasteiger partial charge in [0.2, 0.25) is 5.91 Å². The Morgan fingerprint density at radius 1 is 0.909 bits per heavy atom. The number of rotatable bonds is 2. The van der Waals surface area contributed by atoms with Gasteiger partial charge in [-0.25, -0.2) is 0 Å². The quantitative estimate of drug-likeness (QED) is 0.880. The summed E-state index contributed by atoms with van der Waals surface area (Å²) in [6.45, 7) is 0. The molecule has 1 aromatic heterocycles. The fraction of sp³-hybridized carbons (Fsp3) is 0.765. The second kappa shape index (κ2) is 5.60. The minimum Gasteiger partial charge on any atom is -0.311 e. The number of carbonyl (C=O) groups is 1. The van der Waals surface area contributed by atoms with E-state index < -0.39 is 0 Å². The highest BCUT2D eigenvalue weighted by Gasteiger charge is 2.37. The number of carbonyl (C=O) groups excluding carboxylic acids is 1. The van der Waals surface area contributed by atoms with Gasteiger partial charge in [0.15, 0.2) is 0 Å². The van der Waals surface area contributed by atoms with Gasteiger partial charge in [0.05, 0.1) is 11.6 Å². The number of aromatic nitrogens is 2. The summed E-state index contributed by atoms with van der Waals surface area (Å²) in [4.78, 5) is 24.8. The molecule has 1 aromatic rings. The maximum absolute atomic E-state index is 12.6. The monoisotopic (exact) mass is 303 g/mol. The fourth-order valence-corrected chi connectivity index (χ4v) is 4.79. The zero-order chi connectivity index (χ0) is 15.1. The summed E-state index contributed by atoms with van der Waals surface area (Å²) in [6, 6.07) is 0.349. The van der Waals surface area contributed by atoms with E-state index in [0.717, 1.165) is 37.1 Å². The Hall–Kier alpha value is -1.52. The highest BCUT2D eigenvalue weighted by atomic mass is 16.2. The molecule has 2 aliphatic carbocycles. The lowest BCUT2D eigenvalue weighted by Gasteiger charge is -2.32. The van der Waals surface area contributed by atoms with Crippen LogP contribution in [-0.2, 0) is 4.79 Å². The molecular weight excluding hydrogens is 278 g/mol. The molecule has 0 bridgehead atoms. The van der Waals surface area contributed by atoms with Gasteiger partial charge in [-0.05, 0) is 31.6 Å². The van der Waals surface area contributed by atoms with E-state index in [1.807, 2.05) is 4.68 Å². The van der Waals surface area contributed by atoms with Crippen LogP contribution in [0.4, 0.5) is 5.82 Å². The highest BCUT2D eigenvalue weighted by Crippen LogP contribution is 2.43. The average molecular weight is 303 g/mol. The number of hydrogen-bond donors (Lipinski definition) is 2. The van der Waals surface area contributed by atoms with E-state index in [4.69, 9.17) is 0 Å². The summed E-state index contributed by atoms with van der Waals surface area (Å²) in [5.74, 6) is 1.48. The smallest absolute Gasteiger partial charge is 0.269 e. The maximum atomic E-state index is 12.6. The molecule has 0 aromatic carbocycles. The highest BCUT2D eigenvalue weighted by molar-refractivity contribution is 5.93. The molecule has 1 atom stereocenters. The average Bonchev–Trinajstić information content (AvgIpc) is 3.16. The third-order valence-electron chi connectivity index (χ3n) is 5.91. The topological polar surface area (TPSA) is 66.9 Å². The van der Waals surface area contributed by atoms with Crippen molar-refractivity contribution in [1.29, 1.82) is 0 Å². The van der Waals surface area contributed by atoms with Crippen molar-refractivity contribution in [2.45, 2.75) is 76.2 Å². The molecule has 0 radical (unpaired) electrons. The second-order valence-corrected chi connectivity index (χ2v) is 7.27. The number of fused-ring (bicyclic) bond motifs is 1. The summed E-state index contributed by atoms with van der Waals surface area (Å²) in [5, 5.41) is 6.02. The first-order valence-electron chi connectivity index (χ1n) is 8.88. The van der Waals surface area contributed by atoms with Crippen LogP contribution in [0.25, 0.3) is 0 Å². The standard InChI is InChI=1S/C17H25N3O2/c21-14-10-13(11-6-2-1-3-7-11)15-16(18-14)20(19-17(15)22)12-8-4-5-9-12/h11-13H,1-10H2,(H,18,21)(H,19,22)/t13-/m1/s1. The summed E-state index contributed by atoms with van der Waals surface area (Å²) in [7, 11) is 0. The van der Waals surface area contributed by atoms with Gasteiger partial charge in [0.1, 0.15) is 5.82 Å². The van der Waals surface area contributed by atoms with E-state index in [9.17, 15) is 9.59 Å². The lowest BCUT2D eigenvalue weighted by molar-refractivity contribution is -0.117. The molecule has 2 fully saturated rings. The van der Waals surface area contributed by atoms with Crippen LogP contribution in [0.3, 0.4) is 0 Å². The lowest BCUT2D eigenvalue weighted by atomic mass is 9.74.